The number of nitrogens with one attached hydrogen (secondary N) is 1. The van der Waals surface area contributed by atoms with Crippen molar-refractivity contribution in [2.24, 2.45) is 5.92 Å². The molecule has 3 rings (SSSR count). The summed E-state index contributed by atoms with van der Waals surface area (Å²) in [5.74, 6) is 0.171. The van der Waals surface area contributed by atoms with Crippen LogP contribution in [-0.2, 0) is 9.47 Å². The normalized spacial score (nSPS) is 28.6. The fourth-order valence-corrected chi connectivity index (χ4v) is 5.63. The number of hydrogen-bond acceptors (Lipinski definition) is 5. The zero-order valence-corrected chi connectivity index (χ0v) is 19.7. The molecule has 30 heavy (non-hydrogen) atoms. The third-order valence-electron chi connectivity index (χ3n) is 7.05. The monoisotopic (exact) mass is 424 g/mol. The van der Waals surface area contributed by atoms with Gasteiger partial charge in [0.15, 0.2) is 5.79 Å². The molecular formula is C23H44N4O3. The van der Waals surface area contributed by atoms with Gasteiger partial charge >= 0.3 is 6.03 Å². The zero-order valence-electron chi connectivity index (χ0n) is 19.7. The number of nitrogens with zero attached hydrogens (tertiary/aromatic N) is 3. The van der Waals surface area contributed by atoms with Crippen molar-refractivity contribution in [3.05, 3.63) is 0 Å². The predicted octanol–water partition coefficient (Wildman–Crippen LogP) is 2.76. The van der Waals surface area contributed by atoms with E-state index in [1.54, 1.807) is 0 Å². The first kappa shape index (κ1) is 23.8. The molecule has 0 unspecified atom stereocenters. The number of rotatable bonds is 9. The van der Waals surface area contributed by atoms with Gasteiger partial charge in [0.2, 0.25) is 0 Å². The Morgan fingerprint density at radius 3 is 2.57 bits per heavy atom. The molecule has 1 N–H and O–H groups in total. The van der Waals surface area contributed by atoms with Gasteiger partial charge in [-0.3, -0.25) is 4.90 Å². The molecule has 2 saturated heterocycles. The Morgan fingerprint density at radius 1 is 1.17 bits per heavy atom. The molecule has 0 aromatic carbocycles. The lowest BCUT2D eigenvalue weighted by Crippen LogP contribution is -2.60. The topological polar surface area (TPSA) is 57.3 Å². The molecule has 0 aromatic heterocycles. The maximum absolute atomic E-state index is 13.0. The molecule has 1 aliphatic carbocycles. The first-order chi connectivity index (χ1) is 14.5. The Morgan fingerprint density at radius 2 is 1.90 bits per heavy atom. The molecule has 2 aliphatic heterocycles. The molecule has 1 saturated carbocycles. The third kappa shape index (κ3) is 6.09. The van der Waals surface area contributed by atoms with Crippen molar-refractivity contribution in [1.82, 2.24) is 20.0 Å². The summed E-state index contributed by atoms with van der Waals surface area (Å²) in [6.45, 7) is 10.5. The second-order valence-electron chi connectivity index (χ2n) is 9.64. The summed E-state index contributed by atoms with van der Waals surface area (Å²) in [5.41, 5.74) is 0. The number of fused-ring (bicyclic) bond motifs is 1. The van der Waals surface area contributed by atoms with Gasteiger partial charge in [0.1, 0.15) is 0 Å². The number of likely N-dealkylation sites (tertiary alicyclic amines) is 1. The first-order valence-corrected chi connectivity index (χ1v) is 12.2. The number of carbonyl (C=O) groups is 1. The van der Waals surface area contributed by atoms with Crippen molar-refractivity contribution >= 4 is 6.03 Å². The van der Waals surface area contributed by atoms with Gasteiger partial charge in [-0.25, -0.2) is 4.79 Å². The molecule has 2 amide bonds. The van der Waals surface area contributed by atoms with E-state index in [0.717, 1.165) is 90.9 Å². The molecule has 2 heterocycles. The predicted molar refractivity (Wildman–Crippen MR) is 120 cm³/mol. The lowest BCUT2D eigenvalue weighted by Gasteiger charge is -2.51. The quantitative estimate of drug-likeness (QED) is 0.577. The van der Waals surface area contributed by atoms with Gasteiger partial charge in [-0.2, -0.15) is 0 Å². The Bertz CT molecular complexity index is 539. The van der Waals surface area contributed by atoms with Crippen LogP contribution >= 0.6 is 0 Å². The van der Waals surface area contributed by atoms with Crippen LogP contribution in [0.1, 0.15) is 58.8 Å². The molecule has 3 fully saturated rings. The molecule has 3 atom stereocenters. The summed E-state index contributed by atoms with van der Waals surface area (Å²) in [5, 5.41) is 3.37. The summed E-state index contributed by atoms with van der Waals surface area (Å²) >= 11 is 0. The van der Waals surface area contributed by atoms with Gasteiger partial charge in [-0.15, -0.1) is 0 Å². The van der Waals surface area contributed by atoms with Crippen LogP contribution < -0.4 is 5.32 Å². The Kier molecular flexibility index (Phi) is 8.81. The maximum atomic E-state index is 13.0. The van der Waals surface area contributed by atoms with Gasteiger partial charge in [0, 0.05) is 44.6 Å². The molecule has 7 nitrogen and oxygen atoms in total. The highest BCUT2D eigenvalue weighted by atomic mass is 16.7. The van der Waals surface area contributed by atoms with Crippen molar-refractivity contribution in [3.8, 4) is 0 Å². The number of carbonyl (C=O) groups excluding carboxylic acids is 1. The molecule has 1 spiro atoms. The summed E-state index contributed by atoms with van der Waals surface area (Å²) < 4.78 is 12.1. The van der Waals surface area contributed by atoms with Crippen LogP contribution in [0.2, 0.25) is 0 Å². The van der Waals surface area contributed by atoms with Gasteiger partial charge in [0.05, 0.1) is 13.2 Å². The van der Waals surface area contributed by atoms with Gasteiger partial charge < -0.3 is 24.6 Å². The van der Waals surface area contributed by atoms with E-state index in [-0.39, 0.29) is 17.9 Å². The van der Waals surface area contributed by atoms with E-state index in [4.69, 9.17) is 9.47 Å². The number of hydrogen-bond donors (Lipinski definition) is 1. The first-order valence-electron chi connectivity index (χ1n) is 12.2. The highest BCUT2D eigenvalue weighted by Crippen LogP contribution is 2.44. The molecule has 174 valence electrons. The second-order valence-corrected chi connectivity index (χ2v) is 9.64. The fourth-order valence-electron chi connectivity index (χ4n) is 5.63. The summed E-state index contributed by atoms with van der Waals surface area (Å²) in [6.07, 6.45) is 7.45. The van der Waals surface area contributed by atoms with Crippen LogP contribution in [0.4, 0.5) is 4.79 Å². The van der Waals surface area contributed by atoms with E-state index in [1.165, 1.54) is 0 Å². The SMILES string of the molecule is CCCN1C[C@@H](NC(=O)N(CC)CCCCN(C)C)C[C@@H]2CC3(CC[C@H]21)OCCO3. The summed E-state index contributed by atoms with van der Waals surface area (Å²) in [4.78, 5) is 19.8. The molecule has 3 aliphatic rings. The number of piperidine rings is 1. The standard InChI is InChI=1S/C23H44N4O3/c1-5-11-27-18-20(24-22(28)26(6-2)13-8-7-12-25(3)4)16-19-17-23(10-9-21(19)27)29-14-15-30-23/h19-21H,5-18H2,1-4H3,(H,24,28)/t19-,20+,21-/m1/s1. The van der Waals surface area contributed by atoms with E-state index >= 15 is 0 Å². The Labute approximate surface area is 183 Å². The Balaban J connectivity index is 1.55. The third-order valence-corrected chi connectivity index (χ3v) is 7.05. The van der Waals surface area contributed by atoms with Crippen molar-refractivity contribution in [2.75, 3.05) is 60.0 Å². The summed E-state index contributed by atoms with van der Waals surface area (Å²) in [6, 6.07) is 0.906. The highest BCUT2D eigenvalue weighted by molar-refractivity contribution is 5.74. The van der Waals surface area contributed by atoms with Crippen molar-refractivity contribution in [2.45, 2.75) is 76.7 Å². The van der Waals surface area contributed by atoms with Gasteiger partial charge in [0.25, 0.3) is 0 Å². The lowest BCUT2D eigenvalue weighted by atomic mass is 9.74. The minimum absolute atomic E-state index is 0.0983. The van der Waals surface area contributed by atoms with E-state index in [2.05, 4.69) is 43.1 Å². The molecule has 0 radical (unpaired) electrons. The summed E-state index contributed by atoms with van der Waals surface area (Å²) in [7, 11) is 4.19. The molecule has 0 bridgehead atoms. The van der Waals surface area contributed by atoms with Gasteiger partial charge in [-0.05, 0) is 72.1 Å². The minimum Gasteiger partial charge on any atom is -0.348 e. The van der Waals surface area contributed by atoms with Crippen LogP contribution in [0.3, 0.4) is 0 Å². The number of unbranched alkanes of at least 4 members (excludes halogenated alkanes) is 1. The van der Waals surface area contributed by atoms with Crippen LogP contribution in [0.5, 0.6) is 0 Å². The van der Waals surface area contributed by atoms with E-state index < -0.39 is 0 Å². The van der Waals surface area contributed by atoms with Crippen LogP contribution in [-0.4, -0.2) is 98.6 Å². The van der Waals surface area contributed by atoms with E-state index in [1.807, 2.05) is 4.90 Å². The van der Waals surface area contributed by atoms with Gasteiger partial charge in [-0.1, -0.05) is 6.92 Å². The average Bonchev–Trinajstić information content (AvgIpc) is 3.15. The smallest absolute Gasteiger partial charge is 0.317 e. The second kappa shape index (κ2) is 11.1. The highest BCUT2D eigenvalue weighted by Gasteiger charge is 2.49. The number of amides is 2. The van der Waals surface area contributed by atoms with E-state index in [0.29, 0.717) is 12.0 Å². The minimum atomic E-state index is -0.354. The largest absolute Gasteiger partial charge is 0.348 e. The molecule has 0 aromatic rings. The lowest BCUT2D eigenvalue weighted by molar-refractivity contribution is -0.201. The number of ether oxygens (including phenoxy) is 2. The van der Waals surface area contributed by atoms with Crippen LogP contribution in [0.25, 0.3) is 0 Å². The van der Waals surface area contributed by atoms with Crippen molar-refractivity contribution in [3.63, 3.8) is 0 Å². The molecule has 7 heteroatoms. The zero-order chi connectivity index (χ0) is 21.6. The van der Waals surface area contributed by atoms with Crippen LogP contribution in [0.15, 0.2) is 0 Å². The van der Waals surface area contributed by atoms with Crippen molar-refractivity contribution in [1.29, 1.82) is 0 Å². The fraction of sp³-hybridized carbons (Fsp3) is 0.957. The molecular weight excluding hydrogens is 380 g/mol. The number of urea groups is 1. The maximum Gasteiger partial charge on any atom is 0.317 e. The van der Waals surface area contributed by atoms with Crippen molar-refractivity contribution < 1.29 is 14.3 Å². The van der Waals surface area contributed by atoms with Crippen LogP contribution in [0, 0.1) is 5.92 Å². The van der Waals surface area contributed by atoms with E-state index in [9.17, 15) is 4.79 Å². The Hall–Kier alpha value is -0.890. The average molecular weight is 425 g/mol.